The Morgan fingerprint density at radius 2 is 0.675 bits per heavy atom. The molecule has 0 bridgehead atoms. The Kier molecular flexibility index (Phi) is 56.0. The molecule has 10 heteroatoms. The van der Waals surface area contributed by atoms with Gasteiger partial charge < -0.3 is 27.9 Å². The maximum absolute atomic E-state index is 12.8. The van der Waals surface area contributed by atoms with E-state index in [1.54, 1.807) is 0 Å². The number of phosphoric ester groups is 1. The third kappa shape index (κ3) is 62.8. The number of carbonyl (C=O) groups is 2. The molecule has 9 nitrogen and oxygen atoms in total. The fraction of sp³-hybridized carbons (Fsp3) is 0.600. The van der Waals surface area contributed by atoms with E-state index in [0.717, 1.165) is 141 Å². The van der Waals surface area contributed by atoms with Crippen LogP contribution in [0.4, 0.5) is 0 Å². The van der Waals surface area contributed by atoms with E-state index >= 15 is 0 Å². The Morgan fingerprint density at radius 3 is 1.00 bits per heavy atom. The van der Waals surface area contributed by atoms with Gasteiger partial charge in [0.05, 0.1) is 27.7 Å². The summed E-state index contributed by atoms with van der Waals surface area (Å²) in [6, 6.07) is 0. The van der Waals surface area contributed by atoms with Crippen LogP contribution in [0.2, 0.25) is 0 Å². The molecule has 0 radical (unpaired) electrons. The standard InChI is InChI=1S/C70H114NO8P/c1-6-8-10-12-14-16-18-20-22-24-26-28-30-31-32-33-34-35-36-37-38-39-41-43-45-47-49-51-53-55-57-59-61-63-70(73)79-68(67-78-80(74,75)77-65-64-71(3,4)5)66-76-69(72)62-60-58-56-54-52-50-48-46-44-42-40-29-27-25-23-21-19-17-15-13-11-9-7-2/h8-11,14-17,20-23,26-29,31-32,34-35,37-38,41,43,47,49,68H,6-7,12-13,18-19,24-25,30,33,36,39-40,42,44-46,48,50-67H2,1-5H3/b10-8-,11-9-,16-14-,17-15-,22-20-,23-21-,28-26-,29-27-,32-31-,35-34-,38-37-,43-41-,49-47-. The molecular weight excluding hydrogens is 1010 g/mol. The lowest BCUT2D eigenvalue weighted by Gasteiger charge is -2.28. The number of ether oxygens (including phenoxy) is 2. The molecule has 0 heterocycles. The van der Waals surface area contributed by atoms with Crippen molar-refractivity contribution in [2.24, 2.45) is 0 Å². The second-order valence-electron chi connectivity index (χ2n) is 21.3. The fourth-order valence-electron chi connectivity index (χ4n) is 7.82. The van der Waals surface area contributed by atoms with Crippen LogP contribution in [0.15, 0.2) is 158 Å². The minimum absolute atomic E-state index is 0.0448. The van der Waals surface area contributed by atoms with Gasteiger partial charge >= 0.3 is 11.9 Å². The Balaban J connectivity index is 4.24. The lowest BCUT2D eigenvalue weighted by atomic mass is 10.1. The summed E-state index contributed by atoms with van der Waals surface area (Å²) in [5, 5.41) is 0. The molecule has 0 aliphatic rings. The van der Waals surface area contributed by atoms with E-state index in [0.29, 0.717) is 23.9 Å². The van der Waals surface area contributed by atoms with Crippen LogP contribution in [0, 0.1) is 0 Å². The molecule has 0 fully saturated rings. The van der Waals surface area contributed by atoms with Crippen LogP contribution in [0.3, 0.4) is 0 Å². The Bertz CT molecular complexity index is 1900. The maximum Gasteiger partial charge on any atom is 0.306 e. The molecule has 2 unspecified atom stereocenters. The highest BCUT2D eigenvalue weighted by atomic mass is 31.2. The minimum atomic E-state index is -4.66. The van der Waals surface area contributed by atoms with Gasteiger partial charge in [-0.05, 0) is 122 Å². The predicted molar refractivity (Wildman–Crippen MR) is 341 cm³/mol. The molecule has 0 N–H and O–H groups in total. The second kappa shape index (κ2) is 59.3. The van der Waals surface area contributed by atoms with E-state index in [9.17, 15) is 19.0 Å². The number of phosphoric acid groups is 1. The van der Waals surface area contributed by atoms with Crippen molar-refractivity contribution in [1.82, 2.24) is 0 Å². The van der Waals surface area contributed by atoms with Gasteiger partial charge in [0.2, 0.25) is 0 Å². The van der Waals surface area contributed by atoms with E-state index in [1.807, 2.05) is 21.1 Å². The lowest BCUT2D eigenvalue weighted by molar-refractivity contribution is -0.870. The Labute approximate surface area is 490 Å². The monoisotopic (exact) mass is 1130 g/mol. The molecule has 0 spiro atoms. The molecule has 0 aromatic heterocycles. The highest BCUT2D eigenvalue weighted by Crippen LogP contribution is 2.38. The first-order valence-corrected chi connectivity index (χ1v) is 32.7. The summed E-state index contributed by atoms with van der Waals surface area (Å²) < 4.78 is 34.2. The van der Waals surface area contributed by atoms with Crippen LogP contribution in [0.5, 0.6) is 0 Å². The van der Waals surface area contributed by atoms with Gasteiger partial charge in [0, 0.05) is 12.8 Å². The van der Waals surface area contributed by atoms with Gasteiger partial charge in [-0.3, -0.25) is 14.2 Å². The van der Waals surface area contributed by atoms with E-state index in [-0.39, 0.29) is 26.1 Å². The first-order chi connectivity index (χ1) is 39.0. The molecule has 0 amide bonds. The number of rotatable bonds is 55. The number of unbranched alkanes of at least 4 members (excludes halogenated alkanes) is 15. The Morgan fingerprint density at radius 1 is 0.388 bits per heavy atom. The van der Waals surface area contributed by atoms with Gasteiger partial charge in [0.25, 0.3) is 7.82 Å². The topological polar surface area (TPSA) is 111 Å². The largest absolute Gasteiger partial charge is 0.756 e. The number of allylic oxidation sites excluding steroid dienone is 26. The highest BCUT2D eigenvalue weighted by Gasteiger charge is 2.22. The van der Waals surface area contributed by atoms with E-state index < -0.39 is 32.5 Å². The van der Waals surface area contributed by atoms with Crippen LogP contribution >= 0.6 is 7.82 Å². The van der Waals surface area contributed by atoms with Crippen molar-refractivity contribution in [3.63, 3.8) is 0 Å². The summed E-state index contributed by atoms with van der Waals surface area (Å²) >= 11 is 0. The van der Waals surface area contributed by atoms with Crippen molar-refractivity contribution < 1.29 is 42.1 Å². The van der Waals surface area contributed by atoms with Crippen molar-refractivity contribution >= 4 is 19.8 Å². The molecule has 0 aliphatic carbocycles. The maximum atomic E-state index is 12.8. The van der Waals surface area contributed by atoms with Crippen LogP contribution < -0.4 is 4.89 Å². The first kappa shape index (κ1) is 75.6. The number of quaternary nitrogens is 1. The SMILES string of the molecule is CC/C=C\C/C=C\C/C=C\C/C=C\C/C=C\C/C=C\C/C=C\C/C=C\C/C=C\CCCCCCCC(=O)OC(COC(=O)CCCCCCCCCCCC/C=C\C/C=C\C/C=C\C/C=C\CC)COP(=O)([O-])OCC[N+](C)(C)C. The molecule has 2 atom stereocenters. The zero-order chi connectivity index (χ0) is 58.4. The molecule has 0 aliphatic heterocycles. The number of carbonyl (C=O) groups excluding carboxylic acids is 2. The van der Waals surface area contributed by atoms with E-state index in [2.05, 4.69) is 172 Å². The Hall–Kier alpha value is -4.37. The summed E-state index contributed by atoms with van der Waals surface area (Å²) in [6.45, 7) is 3.97. The molecule has 0 saturated heterocycles. The number of likely N-dealkylation sites (N-methyl/N-ethyl adjacent to an activating group) is 1. The van der Waals surface area contributed by atoms with Crippen molar-refractivity contribution in [3.8, 4) is 0 Å². The predicted octanol–water partition coefficient (Wildman–Crippen LogP) is 19.4. The molecular formula is C70H114NO8P. The van der Waals surface area contributed by atoms with Crippen LogP contribution in [0.1, 0.15) is 219 Å². The molecule has 0 aromatic rings. The van der Waals surface area contributed by atoms with Gasteiger partial charge in [-0.1, -0.05) is 242 Å². The number of hydrogen-bond donors (Lipinski definition) is 0. The van der Waals surface area contributed by atoms with E-state index in [1.165, 1.54) is 38.5 Å². The fourth-order valence-corrected chi connectivity index (χ4v) is 8.54. The second-order valence-corrected chi connectivity index (χ2v) is 22.7. The zero-order valence-corrected chi connectivity index (χ0v) is 52.1. The lowest BCUT2D eigenvalue weighted by Crippen LogP contribution is -2.37. The van der Waals surface area contributed by atoms with Gasteiger partial charge in [-0.2, -0.15) is 0 Å². The molecule has 0 rings (SSSR count). The number of esters is 2. The van der Waals surface area contributed by atoms with Gasteiger partial charge in [0.1, 0.15) is 19.8 Å². The molecule has 452 valence electrons. The molecule has 0 aromatic carbocycles. The van der Waals surface area contributed by atoms with Crippen LogP contribution in [-0.2, 0) is 32.7 Å². The normalized spacial score (nSPS) is 14.3. The van der Waals surface area contributed by atoms with E-state index in [4.69, 9.17) is 18.5 Å². The quantitative estimate of drug-likeness (QED) is 0.0195. The van der Waals surface area contributed by atoms with Gasteiger partial charge in [-0.15, -0.1) is 0 Å². The summed E-state index contributed by atoms with van der Waals surface area (Å²) in [7, 11) is 1.13. The average molecular weight is 1130 g/mol. The smallest absolute Gasteiger partial charge is 0.306 e. The summed E-state index contributed by atoms with van der Waals surface area (Å²) in [5.41, 5.74) is 0. The summed E-state index contributed by atoms with van der Waals surface area (Å²) in [5.74, 6) is -0.872. The average Bonchev–Trinajstić information content (AvgIpc) is 3.42. The highest BCUT2D eigenvalue weighted by molar-refractivity contribution is 7.45. The van der Waals surface area contributed by atoms with Crippen molar-refractivity contribution in [3.05, 3.63) is 158 Å². The number of hydrogen-bond acceptors (Lipinski definition) is 8. The third-order valence-electron chi connectivity index (χ3n) is 12.5. The van der Waals surface area contributed by atoms with Crippen molar-refractivity contribution in [1.29, 1.82) is 0 Å². The van der Waals surface area contributed by atoms with Gasteiger partial charge in [0.15, 0.2) is 6.10 Å². The van der Waals surface area contributed by atoms with Gasteiger partial charge in [-0.25, -0.2) is 0 Å². The van der Waals surface area contributed by atoms with Crippen molar-refractivity contribution in [2.45, 2.75) is 225 Å². The molecule has 80 heavy (non-hydrogen) atoms. The summed E-state index contributed by atoms with van der Waals surface area (Å²) in [4.78, 5) is 38.0. The first-order valence-electron chi connectivity index (χ1n) is 31.2. The summed E-state index contributed by atoms with van der Waals surface area (Å²) in [6.07, 6.45) is 88.6. The van der Waals surface area contributed by atoms with Crippen LogP contribution in [0.25, 0.3) is 0 Å². The third-order valence-corrected chi connectivity index (χ3v) is 13.5. The number of nitrogens with zero attached hydrogens (tertiary/aromatic N) is 1. The molecule has 0 saturated carbocycles. The zero-order valence-electron chi connectivity index (χ0n) is 51.2. The minimum Gasteiger partial charge on any atom is -0.756 e. The van der Waals surface area contributed by atoms with Crippen molar-refractivity contribution in [2.75, 3.05) is 47.5 Å². The van der Waals surface area contributed by atoms with Crippen LogP contribution in [-0.4, -0.2) is 70.0 Å².